The minimum Gasteiger partial charge on any atom is -0.469 e. The first-order chi connectivity index (χ1) is 10.3. The number of guanidine groups is 1. The summed E-state index contributed by atoms with van der Waals surface area (Å²) in [5.41, 5.74) is 0.103. The normalized spacial score (nSPS) is 22.8. The highest BCUT2D eigenvalue weighted by Gasteiger charge is 2.36. The zero-order valence-electron chi connectivity index (χ0n) is 14.9. The Bertz CT molecular complexity index is 390. The van der Waals surface area contributed by atoms with Gasteiger partial charge in [-0.25, -0.2) is 0 Å². The second kappa shape index (κ2) is 8.36. The maximum absolute atomic E-state index is 11.8. The largest absolute Gasteiger partial charge is 0.469 e. The van der Waals surface area contributed by atoms with Crippen molar-refractivity contribution in [1.29, 1.82) is 0 Å². The third-order valence-corrected chi connectivity index (χ3v) is 3.78. The highest BCUT2D eigenvalue weighted by atomic mass is 16.5. The van der Waals surface area contributed by atoms with Crippen molar-refractivity contribution in [3.63, 3.8) is 0 Å². The van der Waals surface area contributed by atoms with Gasteiger partial charge in [-0.3, -0.25) is 9.79 Å². The van der Waals surface area contributed by atoms with Crippen LogP contribution in [-0.4, -0.2) is 62.2 Å². The maximum Gasteiger partial charge on any atom is 0.310 e. The number of likely N-dealkylation sites (tertiary alicyclic amines) is 1. The number of nitrogens with zero attached hydrogens (tertiary/aromatic N) is 2. The van der Waals surface area contributed by atoms with Crippen molar-refractivity contribution >= 4 is 11.9 Å². The molecular weight excluding hydrogens is 280 g/mol. The quantitative estimate of drug-likeness (QED) is 0.344. The van der Waals surface area contributed by atoms with Gasteiger partial charge < -0.3 is 20.3 Å². The van der Waals surface area contributed by atoms with Crippen LogP contribution in [0.5, 0.6) is 0 Å². The van der Waals surface area contributed by atoms with Crippen LogP contribution in [0.2, 0.25) is 0 Å². The zero-order chi connectivity index (χ0) is 16.8. The molecule has 22 heavy (non-hydrogen) atoms. The predicted octanol–water partition coefficient (Wildman–Crippen LogP) is 1.08. The van der Waals surface area contributed by atoms with Crippen molar-refractivity contribution in [2.75, 3.05) is 39.8 Å². The van der Waals surface area contributed by atoms with Crippen LogP contribution in [0.4, 0.5) is 0 Å². The van der Waals surface area contributed by atoms with E-state index >= 15 is 0 Å². The SMILES string of the molecule is CCNC(=NCCNC(C)(C)C)N1CC(C)C(C(=O)OC)C1. The zero-order valence-corrected chi connectivity index (χ0v) is 14.9. The molecule has 0 saturated carbocycles. The molecule has 6 nitrogen and oxygen atoms in total. The molecule has 128 valence electrons. The number of carbonyl (C=O) groups is 1. The van der Waals surface area contributed by atoms with E-state index in [0.717, 1.165) is 25.6 Å². The van der Waals surface area contributed by atoms with Gasteiger partial charge in [0.15, 0.2) is 5.96 Å². The Morgan fingerprint density at radius 1 is 1.36 bits per heavy atom. The number of ether oxygens (including phenoxy) is 1. The van der Waals surface area contributed by atoms with Gasteiger partial charge in [-0.05, 0) is 33.6 Å². The Hall–Kier alpha value is -1.30. The number of hydrogen-bond acceptors (Lipinski definition) is 4. The van der Waals surface area contributed by atoms with E-state index < -0.39 is 0 Å². The van der Waals surface area contributed by atoms with Crippen LogP contribution in [-0.2, 0) is 9.53 Å². The summed E-state index contributed by atoms with van der Waals surface area (Å²) in [4.78, 5) is 18.6. The summed E-state index contributed by atoms with van der Waals surface area (Å²) in [5, 5.41) is 6.74. The summed E-state index contributed by atoms with van der Waals surface area (Å²) in [5.74, 6) is 0.974. The molecule has 1 rings (SSSR count). The Morgan fingerprint density at radius 2 is 2.05 bits per heavy atom. The van der Waals surface area contributed by atoms with E-state index in [1.165, 1.54) is 7.11 Å². The smallest absolute Gasteiger partial charge is 0.310 e. The molecular formula is C16H32N4O2. The molecule has 1 saturated heterocycles. The molecule has 1 aliphatic rings. The van der Waals surface area contributed by atoms with Crippen molar-refractivity contribution in [2.24, 2.45) is 16.8 Å². The van der Waals surface area contributed by atoms with Crippen LogP contribution >= 0.6 is 0 Å². The van der Waals surface area contributed by atoms with Gasteiger partial charge in [0.2, 0.25) is 0 Å². The molecule has 0 bridgehead atoms. The molecule has 0 spiro atoms. The van der Waals surface area contributed by atoms with Crippen LogP contribution in [0, 0.1) is 11.8 Å². The van der Waals surface area contributed by atoms with E-state index in [0.29, 0.717) is 13.1 Å². The number of hydrogen-bond donors (Lipinski definition) is 2. The Morgan fingerprint density at radius 3 is 2.59 bits per heavy atom. The van der Waals surface area contributed by atoms with E-state index in [4.69, 9.17) is 4.74 Å². The summed E-state index contributed by atoms with van der Waals surface area (Å²) in [7, 11) is 1.45. The molecule has 0 aromatic rings. The van der Waals surface area contributed by atoms with Gasteiger partial charge in [-0.2, -0.15) is 0 Å². The number of carbonyl (C=O) groups excluding carboxylic acids is 1. The molecule has 1 heterocycles. The number of nitrogens with one attached hydrogen (secondary N) is 2. The third kappa shape index (κ3) is 5.83. The van der Waals surface area contributed by atoms with Crippen molar-refractivity contribution in [1.82, 2.24) is 15.5 Å². The lowest BCUT2D eigenvalue weighted by molar-refractivity contribution is -0.145. The number of rotatable bonds is 5. The highest BCUT2D eigenvalue weighted by molar-refractivity contribution is 5.82. The van der Waals surface area contributed by atoms with Crippen molar-refractivity contribution in [3.05, 3.63) is 0 Å². The molecule has 2 atom stereocenters. The Kier molecular flexibility index (Phi) is 7.13. The second-order valence-electron chi connectivity index (χ2n) is 6.92. The van der Waals surface area contributed by atoms with E-state index in [2.05, 4.69) is 55.1 Å². The number of methoxy groups -OCH3 is 1. The molecule has 1 aliphatic heterocycles. The molecule has 0 radical (unpaired) electrons. The molecule has 6 heteroatoms. The minimum absolute atomic E-state index is 0.0680. The van der Waals surface area contributed by atoms with Crippen LogP contribution in [0.15, 0.2) is 4.99 Å². The van der Waals surface area contributed by atoms with Crippen LogP contribution in [0.1, 0.15) is 34.6 Å². The fourth-order valence-corrected chi connectivity index (χ4v) is 2.62. The highest BCUT2D eigenvalue weighted by Crippen LogP contribution is 2.24. The lowest BCUT2D eigenvalue weighted by Gasteiger charge is -2.23. The molecule has 0 aromatic carbocycles. The summed E-state index contributed by atoms with van der Waals surface area (Å²) in [6, 6.07) is 0. The second-order valence-corrected chi connectivity index (χ2v) is 6.92. The van der Waals surface area contributed by atoms with E-state index in [-0.39, 0.29) is 23.3 Å². The fourth-order valence-electron chi connectivity index (χ4n) is 2.62. The molecule has 0 aromatic heterocycles. The van der Waals surface area contributed by atoms with Crippen molar-refractivity contribution in [2.45, 2.75) is 40.2 Å². The average Bonchev–Trinajstić information content (AvgIpc) is 2.82. The van der Waals surface area contributed by atoms with Gasteiger partial charge >= 0.3 is 5.97 Å². The summed E-state index contributed by atoms with van der Waals surface area (Å²) < 4.78 is 4.89. The van der Waals surface area contributed by atoms with E-state index in [1.54, 1.807) is 0 Å². The van der Waals surface area contributed by atoms with Gasteiger partial charge in [0.05, 0.1) is 19.6 Å². The maximum atomic E-state index is 11.8. The van der Waals surface area contributed by atoms with Gasteiger partial charge in [-0.1, -0.05) is 6.92 Å². The molecule has 2 unspecified atom stereocenters. The van der Waals surface area contributed by atoms with E-state index in [1.807, 2.05) is 0 Å². The first-order valence-corrected chi connectivity index (χ1v) is 8.14. The van der Waals surface area contributed by atoms with E-state index in [9.17, 15) is 4.79 Å². The molecule has 1 fully saturated rings. The standard InChI is InChI=1S/C16H32N4O2/c1-7-17-15(18-8-9-19-16(3,4)5)20-10-12(2)13(11-20)14(21)22-6/h12-13,19H,7-11H2,1-6H3,(H,17,18). The van der Waals surface area contributed by atoms with Crippen LogP contribution in [0.25, 0.3) is 0 Å². The van der Waals surface area contributed by atoms with Crippen LogP contribution in [0.3, 0.4) is 0 Å². The number of esters is 1. The molecule has 2 N–H and O–H groups in total. The first-order valence-electron chi connectivity index (χ1n) is 8.14. The summed E-state index contributed by atoms with van der Waals surface area (Å²) in [6.45, 7) is 14.5. The lowest BCUT2D eigenvalue weighted by Crippen LogP contribution is -2.42. The van der Waals surface area contributed by atoms with Crippen LogP contribution < -0.4 is 10.6 Å². The predicted molar refractivity (Wildman–Crippen MR) is 90.0 cm³/mol. The van der Waals surface area contributed by atoms with Gasteiger partial charge in [0.25, 0.3) is 0 Å². The first kappa shape index (κ1) is 18.7. The Labute approximate surface area is 134 Å². The summed E-state index contributed by atoms with van der Waals surface area (Å²) >= 11 is 0. The molecule has 0 amide bonds. The monoisotopic (exact) mass is 312 g/mol. The number of aliphatic imine (C=N–C) groups is 1. The fraction of sp³-hybridized carbons (Fsp3) is 0.875. The van der Waals surface area contributed by atoms with Gasteiger partial charge in [0.1, 0.15) is 0 Å². The third-order valence-electron chi connectivity index (χ3n) is 3.78. The lowest BCUT2D eigenvalue weighted by atomic mass is 9.99. The average molecular weight is 312 g/mol. The van der Waals surface area contributed by atoms with Gasteiger partial charge in [-0.15, -0.1) is 0 Å². The summed E-state index contributed by atoms with van der Waals surface area (Å²) in [6.07, 6.45) is 0. The van der Waals surface area contributed by atoms with Crippen molar-refractivity contribution < 1.29 is 9.53 Å². The van der Waals surface area contributed by atoms with Gasteiger partial charge in [0, 0.05) is 31.7 Å². The molecule has 0 aliphatic carbocycles. The Balaban J connectivity index is 2.61. The topological polar surface area (TPSA) is 66.0 Å². The minimum atomic E-state index is -0.125. The van der Waals surface area contributed by atoms with Crippen molar-refractivity contribution in [3.8, 4) is 0 Å².